The quantitative estimate of drug-likeness (QED) is 0.366. The maximum Gasteiger partial charge on any atom is 0.221 e. The summed E-state index contributed by atoms with van der Waals surface area (Å²) >= 11 is 1.50. The Kier molecular flexibility index (Phi) is 7.13. The highest BCUT2D eigenvalue weighted by Crippen LogP contribution is 2.36. The minimum atomic E-state index is -0.0719. The third kappa shape index (κ3) is 6.06. The number of thioether (sulfide) groups is 1. The van der Waals surface area contributed by atoms with E-state index in [2.05, 4.69) is 32.6 Å². The predicted octanol–water partition coefficient (Wildman–Crippen LogP) is 5.05. The summed E-state index contributed by atoms with van der Waals surface area (Å²) in [5, 5.41) is 11.0. The number of hydrogen-bond acceptors (Lipinski definition) is 4. The van der Waals surface area contributed by atoms with Gasteiger partial charge in [0.2, 0.25) is 11.1 Å². The molecule has 5 nitrogen and oxygen atoms in total. The number of amides is 1. The SMILES string of the molecule is O=C(CC(Sc1n[nH]c(-c2ccccc2)n1)c1ccccc1)NCCc1ccccc1. The molecule has 1 unspecified atom stereocenters. The van der Waals surface area contributed by atoms with Crippen LogP contribution in [-0.4, -0.2) is 27.6 Å². The first-order valence-electron chi connectivity index (χ1n) is 10.3. The number of aromatic nitrogens is 3. The zero-order valence-corrected chi connectivity index (χ0v) is 17.9. The molecule has 0 saturated carbocycles. The third-order valence-corrected chi connectivity index (χ3v) is 6.00. The molecule has 4 rings (SSSR count). The maximum atomic E-state index is 12.7. The molecule has 0 saturated heterocycles. The first-order valence-corrected chi connectivity index (χ1v) is 11.2. The van der Waals surface area contributed by atoms with E-state index >= 15 is 0 Å². The van der Waals surface area contributed by atoms with Crippen LogP contribution in [0, 0.1) is 0 Å². The van der Waals surface area contributed by atoms with Crippen molar-refractivity contribution in [2.24, 2.45) is 0 Å². The highest BCUT2D eigenvalue weighted by atomic mass is 32.2. The van der Waals surface area contributed by atoms with Gasteiger partial charge in [0.1, 0.15) is 0 Å². The summed E-state index contributed by atoms with van der Waals surface area (Å²) in [4.78, 5) is 17.3. The van der Waals surface area contributed by atoms with Gasteiger partial charge < -0.3 is 5.32 Å². The first-order chi connectivity index (χ1) is 15.3. The van der Waals surface area contributed by atoms with Gasteiger partial charge in [0.25, 0.3) is 0 Å². The second-order valence-electron chi connectivity index (χ2n) is 7.14. The lowest BCUT2D eigenvalue weighted by atomic mass is 10.1. The van der Waals surface area contributed by atoms with Crippen LogP contribution in [0.15, 0.2) is 96.2 Å². The van der Waals surface area contributed by atoms with Gasteiger partial charge in [-0.15, -0.1) is 5.10 Å². The Morgan fingerprint density at radius 1 is 0.903 bits per heavy atom. The Labute approximate surface area is 186 Å². The molecule has 3 aromatic carbocycles. The minimum Gasteiger partial charge on any atom is -0.356 e. The minimum absolute atomic E-state index is 0.0242. The van der Waals surface area contributed by atoms with Gasteiger partial charge in [-0.05, 0) is 17.5 Å². The number of H-pyrrole nitrogens is 1. The van der Waals surface area contributed by atoms with Crippen molar-refractivity contribution in [3.8, 4) is 11.4 Å². The summed E-state index contributed by atoms with van der Waals surface area (Å²) in [5.41, 5.74) is 3.28. The van der Waals surface area contributed by atoms with Crippen LogP contribution in [0.3, 0.4) is 0 Å². The van der Waals surface area contributed by atoms with Gasteiger partial charge in [-0.3, -0.25) is 9.89 Å². The van der Waals surface area contributed by atoms with Crippen LogP contribution < -0.4 is 5.32 Å². The van der Waals surface area contributed by atoms with Crippen molar-refractivity contribution in [2.75, 3.05) is 6.54 Å². The molecule has 0 spiro atoms. The van der Waals surface area contributed by atoms with Crippen LogP contribution >= 0.6 is 11.8 Å². The van der Waals surface area contributed by atoms with E-state index in [1.54, 1.807) is 0 Å². The van der Waals surface area contributed by atoms with Crippen LogP contribution in [0.1, 0.15) is 22.8 Å². The molecule has 6 heteroatoms. The van der Waals surface area contributed by atoms with E-state index in [0.717, 1.165) is 23.4 Å². The summed E-state index contributed by atoms with van der Waals surface area (Å²) in [5.74, 6) is 0.748. The highest BCUT2D eigenvalue weighted by molar-refractivity contribution is 7.99. The van der Waals surface area contributed by atoms with Gasteiger partial charge in [-0.2, -0.15) is 0 Å². The molecule has 156 valence electrons. The average molecular weight is 429 g/mol. The van der Waals surface area contributed by atoms with E-state index < -0.39 is 0 Å². The van der Waals surface area contributed by atoms with Crippen LogP contribution in [0.25, 0.3) is 11.4 Å². The average Bonchev–Trinajstić information content (AvgIpc) is 3.29. The second kappa shape index (κ2) is 10.6. The normalized spacial score (nSPS) is 11.7. The Bertz CT molecular complexity index is 1080. The van der Waals surface area contributed by atoms with Crippen LogP contribution in [-0.2, 0) is 11.2 Å². The van der Waals surface area contributed by atoms with Gasteiger partial charge >= 0.3 is 0 Å². The number of carbonyl (C=O) groups excluding carboxylic acids is 1. The molecule has 1 atom stereocenters. The molecule has 1 amide bonds. The van der Waals surface area contributed by atoms with E-state index in [1.165, 1.54) is 17.3 Å². The number of hydrogen-bond donors (Lipinski definition) is 2. The summed E-state index contributed by atoms with van der Waals surface area (Å²) in [6, 6.07) is 30.1. The molecule has 0 fully saturated rings. The van der Waals surface area contributed by atoms with Crippen LogP contribution in [0.2, 0.25) is 0 Å². The van der Waals surface area contributed by atoms with Crippen molar-refractivity contribution >= 4 is 17.7 Å². The van der Waals surface area contributed by atoms with E-state index in [-0.39, 0.29) is 11.2 Å². The lowest BCUT2D eigenvalue weighted by Crippen LogP contribution is -2.26. The summed E-state index contributed by atoms with van der Waals surface area (Å²) in [6.45, 7) is 0.619. The predicted molar refractivity (Wildman–Crippen MR) is 125 cm³/mol. The Morgan fingerprint density at radius 2 is 1.55 bits per heavy atom. The van der Waals surface area contributed by atoms with Crippen molar-refractivity contribution in [1.82, 2.24) is 20.5 Å². The summed E-state index contributed by atoms with van der Waals surface area (Å²) < 4.78 is 0. The smallest absolute Gasteiger partial charge is 0.221 e. The van der Waals surface area contributed by atoms with E-state index in [9.17, 15) is 4.79 Å². The molecular weight excluding hydrogens is 404 g/mol. The van der Waals surface area contributed by atoms with E-state index in [1.807, 2.05) is 78.9 Å². The number of benzene rings is 3. The summed E-state index contributed by atoms with van der Waals surface area (Å²) in [7, 11) is 0. The number of carbonyl (C=O) groups is 1. The standard InChI is InChI=1S/C25H24N4OS/c30-23(26-17-16-19-10-4-1-5-11-19)18-22(20-12-6-2-7-13-20)31-25-27-24(28-29-25)21-14-8-3-9-15-21/h1-15,22H,16-18H2,(H,26,30)(H,27,28,29). The van der Waals surface area contributed by atoms with E-state index in [0.29, 0.717) is 18.1 Å². The summed E-state index contributed by atoms with van der Waals surface area (Å²) in [6.07, 6.45) is 1.18. The van der Waals surface area contributed by atoms with Crippen molar-refractivity contribution in [3.63, 3.8) is 0 Å². The zero-order valence-electron chi connectivity index (χ0n) is 17.1. The molecule has 0 aliphatic rings. The molecule has 31 heavy (non-hydrogen) atoms. The first kappa shape index (κ1) is 20.9. The molecule has 0 bridgehead atoms. The van der Waals surface area contributed by atoms with Gasteiger partial charge in [-0.25, -0.2) is 4.98 Å². The maximum absolute atomic E-state index is 12.7. The lowest BCUT2D eigenvalue weighted by molar-refractivity contribution is -0.121. The largest absolute Gasteiger partial charge is 0.356 e. The molecular formula is C25H24N4OS. The number of nitrogens with one attached hydrogen (secondary N) is 2. The van der Waals surface area contributed by atoms with Crippen molar-refractivity contribution in [3.05, 3.63) is 102 Å². The van der Waals surface area contributed by atoms with Gasteiger partial charge in [0.05, 0.1) is 0 Å². The molecule has 2 N–H and O–H groups in total. The lowest BCUT2D eigenvalue weighted by Gasteiger charge is -2.15. The highest BCUT2D eigenvalue weighted by Gasteiger charge is 2.20. The molecule has 0 aliphatic heterocycles. The fourth-order valence-corrected chi connectivity index (χ4v) is 4.30. The molecule has 0 radical (unpaired) electrons. The fourth-order valence-electron chi connectivity index (χ4n) is 3.28. The van der Waals surface area contributed by atoms with Crippen LogP contribution in [0.4, 0.5) is 0 Å². The molecule has 4 aromatic rings. The Balaban J connectivity index is 1.40. The number of aromatic amines is 1. The van der Waals surface area contributed by atoms with Gasteiger partial charge in [-0.1, -0.05) is 103 Å². The topological polar surface area (TPSA) is 70.7 Å². The van der Waals surface area contributed by atoms with Crippen molar-refractivity contribution in [2.45, 2.75) is 23.2 Å². The molecule has 1 aromatic heterocycles. The molecule has 0 aliphatic carbocycles. The fraction of sp³-hybridized carbons (Fsp3) is 0.160. The Hall–Kier alpha value is -3.38. The zero-order chi connectivity index (χ0) is 21.3. The Morgan fingerprint density at radius 3 is 2.26 bits per heavy atom. The monoisotopic (exact) mass is 428 g/mol. The van der Waals surface area contributed by atoms with Crippen molar-refractivity contribution in [1.29, 1.82) is 0 Å². The second-order valence-corrected chi connectivity index (χ2v) is 8.31. The third-order valence-electron chi connectivity index (χ3n) is 4.88. The van der Waals surface area contributed by atoms with Crippen LogP contribution in [0.5, 0.6) is 0 Å². The molecule has 1 heterocycles. The number of rotatable bonds is 9. The number of nitrogens with zero attached hydrogens (tertiary/aromatic N) is 2. The van der Waals surface area contributed by atoms with Gasteiger partial charge in [0.15, 0.2) is 5.82 Å². The van der Waals surface area contributed by atoms with E-state index in [4.69, 9.17) is 0 Å². The van der Waals surface area contributed by atoms with Crippen molar-refractivity contribution < 1.29 is 4.79 Å². The van der Waals surface area contributed by atoms with Gasteiger partial charge in [0, 0.05) is 23.8 Å².